The van der Waals surface area contributed by atoms with E-state index in [1.54, 1.807) is 7.11 Å². The topological polar surface area (TPSA) is 142 Å². The van der Waals surface area contributed by atoms with Gasteiger partial charge in [0.05, 0.1) is 19.1 Å². The van der Waals surface area contributed by atoms with E-state index in [0.29, 0.717) is 52.0 Å². The normalized spacial score (nSPS) is 11.9. The molecule has 0 aliphatic heterocycles. The van der Waals surface area contributed by atoms with E-state index in [1.807, 2.05) is 0 Å². The number of nitrogens with two attached hydrogens (primary N) is 1. The van der Waals surface area contributed by atoms with Gasteiger partial charge in [-0.15, -0.1) is 0 Å². The molecule has 8 nitrogen and oxygen atoms in total. The van der Waals surface area contributed by atoms with Crippen molar-refractivity contribution < 1.29 is 19.4 Å². The Hall–Kier alpha value is -1.67. The van der Waals surface area contributed by atoms with Crippen molar-refractivity contribution in [1.29, 1.82) is 10.8 Å². The minimum absolute atomic E-state index is 0.134. The van der Waals surface area contributed by atoms with Gasteiger partial charge in [0.1, 0.15) is 0 Å². The van der Waals surface area contributed by atoms with E-state index in [0.717, 1.165) is 0 Å². The summed E-state index contributed by atoms with van der Waals surface area (Å²) in [5.74, 6) is -1.90. The third kappa shape index (κ3) is 10.7. The van der Waals surface area contributed by atoms with Crippen molar-refractivity contribution >= 4 is 17.6 Å². The van der Waals surface area contributed by atoms with Crippen LogP contribution in [-0.4, -0.2) is 56.2 Å². The number of carboxylic acid groups (broad SMARTS) is 1. The van der Waals surface area contributed by atoms with Crippen molar-refractivity contribution in [2.45, 2.75) is 25.7 Å². The molecule has 1 atom stereocenters. The number of hydrogen-bond donors (Lipinski definition) is 5. The average molecular weight is 302 g/mol. The van der Waals surface area contributed by atoms with Crippen molar-refractivity contribution in [3.63, 3.8) is 0 Å². The molecule has 0 spiro atoms. The predicted molar refractivity (Wildman–Crippen MR) is 79.9 cm³/mol. The Morgan fingerprint density at radius 3 is 2.57 bits per heavy atom. The van der Waals surface area contributed by atoms with E-state index in [-0.39, 0.29) is 11.7 Å². The molecule has 6 N–H and O–H groups in total. The smallest absolute Gasteiger partial charge is 0.312 e. The first-order chi connectivity index (χ1) is 9.99. The van der Waals surface area contributed by atoms with E-state index in [4.69, 9.17) is 31.1 Å². The fourth-order valence-corrected chi connectivity index (χ4v) is 1.76. The van der Waals surface area contributed by atoms with E-state index < -0.39 is 11.9 Å². The molecule has 0 saturated carbocycles. The first-order valence-electron chi connectivity index (χ1n) is 6.93. The lowest BCUT2D eigenvalue weighted by Crippen LogP contribution is -2.32. The molecule has 0 rings (SSSR count). The summed E-state index contributed by atoms with van der Waals surface area (Å²) in [6, 6.07) is 0. The first-order valence-corrected chi connectivity index (χ1v) is 6.93. The van der Waals surface area contributed by atoms with Crippen molar-refractivity contribution in [2.24, 2.45) is 11.7 Å². The number of hydrogen-bond acceptors (Lipinski definition) is 5. The Labute approximate surface area is 125 Å². The molecule has 8 heteroatoms. The van der Waals surface area contributed by atoms with Crippen LogP contribution in [0.1, 0.15) is 25.7 Å². The Morgan fingerprint density at radius 2 is 2.00 bits per heavy atom. The summed E-state index contributed by atoms with van der Waals surface area (Å²) >= 11 is 0. The third-order valence-electron chi connectivity index (χ3n) is 2.87. The van der Waals surface area contributed by atoms with Crippen molar-refractivity contribution in [3.8, 4) is 0 Å². The van der Waals surface area contributed by atoms with Gasteiger partial charge in [0.2, 0.25) is 0 Å². The number of ether oxygens (including phenoxy) is 2. The Morgan fingerprint density at radius 1 is 1.29 bits per heavy atom. The Kier molecular flexibility index (Phi) is 11.1. The zero-order chi connectivity index (χ0) is 16.1. The van der Waals surface area contributed by atoms with E-state index >= 15 is 0 Å². The van der Waals surface area contributed by atoms with E-state index in [9.17, 15) is 4.79 Å². The third-order valence-corrected chi connectivity index (χ3v) is 2.87. The zero-order valence-corrected chi connectivity index (χ0v) is 12.5. The number of aliphatic carboxylic acids is 1. The number of nitrogens with one attached hydrogen (secondary N) is 3. The maximum atomic E-state index is 11.2. The fraction of sp³-hybridized carbons (Fsp3) is 0.769. The summed E-state index contributed by atoms with van der Waals surface area (Å²) in [5.41, 5.74) is 5.34. The van der Waals surface area contributed by atoms with Crippen LogP contribution in [0.4, 0.5) is 0 Å². The van der Waals surface area contributed by atoms with Gasteiger partial charge in [-0.05, 0) is 25.7 Å². The molecule has 0 heterocycles. The first kappa shape index (κ1) is 19.3. The van der Waals surface area contributed by atoms with Gasteiger partial charge in [-0.2, -0.15) is 0 Å². The minimum atomic E-state index is -0.983. The molecule has 0 amide bonds. The number of guanidine groups is 1. The van der Waals surface area contributed by atoms with E-state index in [1.165, 1.54) is 0 Å². The van der Waals surface area contributed by atoms with Gasteiger partial charge in [-0.3, -0.25) is 10.2 Å². The average Bonchev–Trinajstić information content (AvgIpc) is 2.41. The van der Waals surface area contributed by atoms with E-state index in [2.05, 4.69) is 5.32 Å². The van der Waals surface area contributed by atoms with Crippen LogP contribution in [0.5, 0.6) is 0 Å². The summed E-state index contributed by atoms with van der Waals surface area (Å²) < 4.78 is 10.1. The van der Waals surface area contributed by atoms with Crippen LogP contribution in [0, 0.1) is 16.7 Å². The SMILES string of the molecule is COCCOCCCC(=N)[C@@H](CCCNC(=N)N)C(=O)O. The number of carbonyl (C=O) groups is 1. The van der Waals surface area contributed by atoms with Crippen LogP contribution < -0.4 is 11.1 Å². The van der Waals surface area contributed by atoms with Gasteiger partial charge >= 0.3 is 5.97 Å². The van der Waals surface area contributed by atoms with Gasteiger partial charge in [0.25, 0.3) is 0 Å². The summed E-state index contributed by atoms with van der Waals surface area (Å²) in [5, 5.41) is 26.6. The van der Waals surface area contributed by atoms with Crippen LogP contribution in [-0.2, 0) is 14.3 Å². The summed E-state index contributed by atoms with van der Waals surface area (Å²) in [6.07, 6.45) is 1.93. The lowest BCUT2D eigenvalue weighted by molar-refractivity contribution is -0.139. The Balaban J connectivity index is 3.90. The van der Waals surface area contributed by atoms with Gasteiger partial charge in [0, 0.05) is 26.0 Å². The molecular formula is C13H26N4O4. The molecule has 0 radical (unpaired) electrons. The highest BCUT2D eigenvalue weighted by molar-refractivity contribution is 5.99. The summed E-state index contributed by atoms with van der Waals surface area (Å²) in [7, 11) is 1.59. The number of rotatable bonds is 13. The maximum Gasteiger partial charge on any atom is 0.312 e. The minimum Gasteiger partial charge on any atom is -0.481 e. The molecule has 0 saturated heterocycles. The van der Waals surface area contributed by atoms with Crippen LogP contribution in [0.15, 0.2) is 0 Å². The molecule has 0 unspecified atom stereocenters. The lowest BCUT2D eigenvalue weighted by Gasteiger charge is -2.14. The van der Waals surface area contributed by atoms with Crippen molar-refractivity contribution in [1.82, 2.24) is 5.32 Å². The van der Waals surface area contributed by atoms with Crippen molar-refractivity contribution in [3.05, 3.63) is 0 Å². The van der Waals surface area contributed by atoms with Crippen LogP contribution >= 0.6 is 0 Å². The zero-order valence-electron chi connectivity index (χ0n) is 12.5. The van der Waals surface area contributed by atoms with Gasteiger partial charge < -0.3 is 31.0 Å². The van der Waals surface area contributed by atoms with Crippen molar-refractivity contribution in [2.75, 3.05) is 33.5 Å². The van der Waals surface area contributed by atoms with Crippen LogP contribution in [0.2, 0.25) is 0 Å². The second-order valence-corrected chi connectivity index (χ2v) is 4.61. The van der Waals surface area contributed by atoms with Gasteiger partial charge in [0.15, 0.2) is 5.96 Å². The molecule has 0 aromatic carbocycles. The highest BCUT2D eigenvalue weighted by Crippen LogP contribution is 2.12. The lowest BCUT2D eigenvalue weighted by atomic mass is 9.94. The molecule has 122 valence electrons. The molecule has 0 fully saturated rings. The maximum absolute atomic E-state index is 11.2. The monoisotopic (exact) mass is 302 g/mol. The van der Waals surface area contributed by atoms with Gasteiger partial charge in [-0.25, -0.2) is 0 Å². The second kappa shape index (κ2) is 12.1. The molecule has 0 aromatic rings. The molecule has 0 aromatic heterocycles. The molecule has 0 aliphatic carbocycles. The molecular weight excluding hydrogens is 276 g/mol. The highest BCUT2D eigenvalue weighted by Gasteiger charge is 2.21. The Bertz CT molecular complexity index is 336. The van der Waals surface area contributed by atoms with Crippen LogP contribution in [0.25, 0.3) is 0 Å². The largest absolute Gasteiger partial charge is 0.481 e. The second-order valence-electron chi connectivity index (χ2n) is 4.61. The highest BCUT2D eigenvalue weighted by atomic mass is 16.5. The summed E-state index contributed by atoms with van der Waals surface area (Å²) in [6.45, 7) is 1.96. The van der Waals surface area contributed by atoms with Crippen LogP contribution in [0.3, 0.4) is 0 Å². The quantitative estimate of drug-likeness (QED) is 0.189. The summed E-state index contributed by atoms with van der Waals surface area (Å²) in [4.78, 5) is 11.2. The molecule has 21 heavy (non-hydrogen) atoms. The molecule has 0 aliphatic rings. The molecule has 0 bridgehead atoms. The fourth-order valence-electron chi connectivity index (χ4n) is 1.76. The number of carboxylic acids is 1. The predicted octanol–water partition coefficient (Wildman–Crippen LogP) is 0.413. The number of methoxy groups -OCH3 is 1. The van der Waals surface area contributed by atoms with Gasteiger partial charge in [-0.1, -0.05) is 0 Å². The standard InChI is InChI=1S/C13H26N4O4/c1-20-8-9-21-7-3-5-11(14)10(12(18)19)4-2-6-17-13(15)16/h10,14H,2-9H2,1H3,(H,18,19)(H4,15,16,17)/t10-/m1/s1.